The van der Waals surface area contributed by atoms with Crippen molar-refractivity contribution >= 4 is 16.3 Å². The molecule has 4 nitrogen and oxygen atoms in total. The number of benzene rings is 2. The van der Waals surface area contributed by atoms with E-state index in [1.807, 2.05) is 54.7 Å². The number of nitrogens with one attached hydrogen (secondary N) is 2. The molecule has 4 rings (SSSR count). The lowest BCUT2D eigenvalue weighted by Gasteiger charge is -2.10. The Balaban J connectivity index is 1.77. The minimum Gasteiger partial charge on any atom is -0.394 e. The molecule has 0 fully saturated rings. The second kappa shape index (κ2) is 7.25. The third kappa shape index (κ3) is 3.32. The Morgan fingerprint density at radius 2 is 2.04 bits per heavy atom. The van der Waals surface area contributed by atoms with Crippen molar-refractivity contribution < 1.29 is 5.11 Å². The van der Waals surface area contributed by atoms with Gasteiger partial charge in [-0.2, -0.15) is 0 Å². The number of aromatic nitrogens is 1. The van der Waals surface area contributed by atoms with Crippen molar-refractivity contribution in [3.63, 3.8) is 0 Å². The first-order chi connectivity index (χ1) is 13.2. The van der Waals surface area contributed by atoms with Gasteiger partial charge < -0.3 is 15.4 Å². The Morgan fingerprint density at radius 1 is 1.19 bits per heavy atom. The first-order valence-corrected chi connectivity index (χ1v) is 9.12. The van der Waals surface area contributed by atoms with Crippen LogP contribution < -0.4 is 10.9 Å². The zero-order chi connectivity index (χ0) is 18.8. The van der Waals surface area contributed by atoms with Crippen LogP contribution in [0.2, 0.25) is 0 Å². The van der Waals surface area contributed by atoms with Gasteiger partial charge in [-0.15, -0.1) is 6.58 Å². The van der Waals surface area contributed by atoms with E-state index in [9.17, 15) is 9.90 Å². The molecule has 0 saturated carbocycles. The number of H-pyrrole nitrogens is 1. The van der Waals surface area contributed by atoms with Crippen molar-refractivity contribution in [3.05, 3.63) is 88.9 Å². The number of rotatable bonds is 5. The molecule has 1 aliphatic heterocycles. The largest absolute Gasteiger partial charge is 0.394 e. The normalized spacial score (nSPS) is 16.2. The standard InChI is InChI=1S/C23H22N2O2/c1-2-5-15-6-3-4-7-20(15)22-12-17-9-8-16(11-21(17)23(27)25-22)18-10-19(14-26)24-13-18/h2-4,6-9,11-13,19,24,26H,1,5,10,14H2,(H,25,27)/t19-/m1/s1. The van der Waals surface area contributed by atoms with Crippen molar-refractivity contribution in [3.8, 4) is 11.3 Å². The summed E-state index contributed by atoms with van der Waals surface area (Å²) in [6, 6.07) is 16.1. The Hall–Kier alpha value is -3.11. The van der Waals surface area contributed by atoms with Crippen molar-refractivity contribution in [2.24, 2.45) is 0 Å². The van der Waals surface area contributed by atoms with E-state index in [1.54, 1.807) is 0 Å². The highest BCUT2D eigenvalue weighted by molar-refractivity contribution is 5.88. The molecule has 0 bridgehead atoms. The predicted molar refractivity (Wildman–Crippen MR) is 111 cm³/mol. The van der Waals surface area contributed by atoms with Crippen LogP contribution in [0.1, 0.15) is 17.5 Å². The number of aliphatic hydroxyl groups excluding tert-OH is 1. The van der Waals surface area contributed by atoms with Gasteiger partial charge in [-0.05, 0) is 47.1 Å². The van der Waals surface area contributed by atoms with Crippen LogP contribution in [0.25, 0.3) is 27.6 Å². The van der Waals surface area contributed by atoms with Crippen molar-refractivity contribution in [2.45, 2.75) is 18.9 Å². The maximum atomic E-state index is 12.8. The van der Waals surface area contributed by atoms with E-state index in [0.717, 1.165) is 46.2 Å². The lowest BCUT2D eigenvalue weighted by Crippen LogP contribution is -2.22. The zero-order valence-electron chi connectivity index (χ0n) is 15.0. The number of fused-ring (bicyclic) bond motifs is 1. The van der Waals surface area contributed by atoms with Crippen LogP contribution in [0.4, 0.5) is 0 Å². The van der Waals surface area contributed by atoms with Gasteiger partial charge in [0.25, 0.3) is 5.56 Å². The molecule has 0 amide bonds. The Bertz CT molecular complexity index is 1090. The Kier molecular flexibility index (Phi) is 4.65. The third-order valence-electron chi connectivity index (χ3n) is 5.07. The molecule has 2 heterocycles. The zero-order valence-corrected chi connectivity index (χ0v) is 15.0. The van der Waals surface area contributed by atoms with Crippen LogP contribution in [0.3, 0.4) is 0 Å². The maximum absolute atomic E-state index is 12.8. The molecular weight excluding hydrogens is 336 g/mol. The molecule has 0 spiro atoms. The minimum absolute atomic E-state index is 0.0534. The SMILES string of the molecule is C=CCc1ccccc1-c1cc2ccc(C3=CN[C@@H](CO)C3)cc2c(=O)[nH]1. The molecule has 0 aliphatic carbocycles. The lowest BCUT2D eigenvalue weighted by atomic mass is 9.97. The van der Waals surface area contributed by atoms with Gasteiger partial charge in [0, 0.05) is 22.8 Å². The molecule has 0 radical (unpaired) electrons. The molecule has 3 N–H and O–H groups in total. The fourth-order valence-electron chi connectivity index (χ4n) is 3.64. The van der Waals surface area contributed by atoms with Crippen LogP contribution in [0, 0.1) is 0 Å². The van der Waals surface area contributed by atoms with Gasteiger partial charge in [0.2, 0.25) is 0 Å². The Morgan fingerprint density at radius 3 is 2.81 bits per heavy atom. The molecule has 2 aromatic carbocycles. The Labute approximate surface area is 157 Å². The number of allylic oxidation sites excluding steroid dienone is 1. The molecule has 1 atom stereocenters. The van der Waals surface area contributed by atoms with Crippen molar-refractivity contribution in [1.82, 2.24) is 10.3 Å². The first-order valence-electron chi connectivity index (χ1n) is 9.12. The van der Waals surface area contributed by atoms with E-state index < -0.39 is 0 Å². The molecule has 1 aromatic heterocycles. The minimum atomic E-state index is -0.0944. The van der Waals surface area contributed by atoms with Crippen LogP contribution in [-0.4, -0.2) is 22.7 Å². The van der Waals surface area contributed by atoms with Gasteiger partial charge in [-0.1, -0.05) is 42.5 Å². The summed E-state index contributed by atoms with van der Waals surface area (Å²) >= 11 is 0. The number of aliphatic hydroxyl groups is 1. The maximum Gasteiger partial charge on any atom is 0.256 e. The average molecular weight is 358 g/mol. The van der Waals surface area contributed by atoms with Crippen LogP contribution in [0.15, 0.2) is 72.2 Å². The highest BCUT2D eigenvalue weighted by Crippen LogP contribution is 2.28. The second-order valence-corrected chi connectivity index (χ2v) is 6.88. The first kappa shape index (κ1) is 17.3. The van der Waals surface area contributed by atoms with E-state index in [-0.39, 0.29) is 18.2 Å². The van der Waals surface area contributed by atoms with E-state index in [2.05, 4.69) is 22.9 Å². The monoisotopic (exact) mass is 358 g/mol. The number of hydrogen-bond donors (Lipinski definition) is 3. The number of pyridine rings is 1. The van der Waals surface area contributed by atoms with E-state index in [4.69, 9.17) is 0 Å². The van der Waals surface area contributed by atoms with Crippen molar-refractivity contribution in [1.29, 1.82) is 0 Å². The molecule has 0 saturated heterocycles. The molecule has 1 aliphatic rings. The lowest BCUT2D eigenvalue weighted by molar-refractivity contribution is 0.258. The number of hydrogen-bond acceptors (Lipinski definition) is 3. The summed E-state index contributed by atoms with van der Waals surface area (Å²) in [6.45, 7) is 3.92. The molecule has 136 valence electrons. The molecule has 3 aromatic rings. The average Bonchev–Trinajstić information content (AvgIpc) is 3.18. The van der Waals surface area contributed by atoms with E-state index in [1.165, 1.54) is 0 Å². The van der Waals surface area contributed by atoms with Gasteiger partial charge in [0.1, 0.15) is 0 Å². The third-order valence-corrected chi connectivity index (χ3v) is 5.07. The molecular formula is C23H22N2O2. The number of aromatic amines is 1. The fraction of sp³-hybridized carbons (Fsp3) is 0.174. The summed E-state index contributed by atoms with van der Waals surface area (Å²) in [5.74, 6) is 0. The topological polar surface area (TPSA) is 65.1 Å². The van der Waals surface area contributed by atoms with Crippen LogP contribution >= 0.6 is 0 Å². The van der Waals surface area contributed by atoms with Crippen LogP contribution in [0.5, 0.6) is 0 Å². The van der Waals surface area contributed by atoms with Gasteiger partial charge in [0.05, 0.1) is 12.6 Å². The molecule has 27 heavy (non-hydrogen) atoms. The van der Waals surface area contributed by atoms with Gasteiger partial charge >= 0.3 is 0 Å². The van der Waals surface area contributed by atoms with Crippen LogP contribution in [-0.2, 0) is 6.42 Å². The summed E-state index contributed by atoms with van der Waals surface area (Å²) in [7, 11) is 0. The fourth-order valence-corrected chi connectivity index (χ4v) is 3.64. The van der Waals surface area contributed by atoms with E-state index in [0.29, 0.717) is 5.39 Å². The summed E-state index contributed by atoms with van der Waals surface area (Å²) in [5, 5.41) is 14.0. The molecule has 4 heteroatoms. The van der Waals surface area contributed by atoms with Gasteiger partial charge in [-0.3, -0.25) is 4.79 Å². The molecule has 0 unspecified atom stereocenters. The summed E-state index contributed by atoms with van der Waals surface area (Å²) in [6.07, 6.45) is 5.30. The quantitative estimate of drug-likeness (QED) is 0.611. The predicted octanol–water partition coefficient (Wildman–Crippen LogP) is 3.62. The van der Waals surface area contributed by atoms with Crippen molar-refractivity contribution in [2.75, 3.05) is 6.61 Å². The van der Waals surface area contributed by atoms with Gasteiger partial charge in [0.15, 0.2) is 0 Å². The van der Waals surface area contributed by atoms with Gasteiger partial charge in [-0.25, -0.2) is 0 Å². The summed E-state index contributed by atoms with van der Waals surface area (Å²) in [4.78, 5) is 15.8. The summed E-state index contributed by atoms with van der Waals surface area (Å²) < 4.78 is 0. The van der Waals surface area contributed by atoms with E-state index >= 15 is 0 Å². The smallest absolute Gasteiger partial charge is 0.256 e. The summed E-state index contributed by atoms with van der Waals surface area (Å²) in [5.41, 5.74) is 5.00. The second-order valence-electron chi connectivity index (χ2n) is 6.88. The highest BCUT2D eigenvalue weighted by atomic mass is 16.3. The highest BCUT2D eigenvalue weighted by Gasteiger charge is 2.17.